The highest BCUT2D eigenvalue weighted by molar-refractivity contribution is 5.33. The number of aromatic nitrogens is 2. The van der Waals surface area contributed by atoms with Crippen LogP contribution in [0.1, 0.15) is 18.9 Å². The fourth-order valence-corrected chi connectivity index (χ4v) is 2.45. The number of hydrogen-bond donors (Lipinski definition) is 2. The van der Waals surface area contributed by atoms with Crippen molar-refractivity contribution >= 4 is 5.82 Å². The molecule has 0 bridgehead atoms. The number of anilines is 1. The van der Waals surface area contributed by atoms with Crippen molar-refractivity contribution in [2.24, 2.45) is 5.92 Å². The molecule has 0 aliphatic heterocycles. The molecule has 1 fully saturated rings. The van der Waals surface area contributed by atoms with Gasteiger partial charge in [0.1, 0.15) is 5.82 Å². The second kappa shape index (κ2) is 5.07. The zero-order chi connectivity index (χ0) is 13.3. The summed E-state index contributed by atoms with van der Waals surface area (Å²) in [5, 5.41) is 19.1. The molecule has 1 heterocycles. The van der Waals surface area contributed by atoms with Gasteiger partial charge in [-0.3, -0.25) is 4.57 Å². The normalized spacial score (nSPS) is 27.4. The Morgan fingerprint density at radius 2 is 2.22 bits per heavy atom. The SMILES string of the molecule is CN(C)c1ccn(C2CC(CO)CC2O)c(=O)n1. The molecular formula is C12H19N3O3. The lowest BCUT2D eigenvalue weighted by Crippen LogP contribution is -2.31. The van der Waals surface area contributed by atoms with Gasteiger partial charge in [-0.15, -0.1) is 0 Å². The van der Waals surface area contributed by atoms with Crippen molar-refractivity contribution in [2.75, 3.05) is 25.6 Å². The van der Waals surface area contributed by atoms with Crippen LogP contribution in [-0.4, -0.2) is 46.6 Å². The summed E-state index contributed by atoms with van der Waals surface area (Å²) in [4.78, 5) is 17.6. The molecule has 2 N–H and O–H groups in total. The molecule has 100 valence electrons. The standard InChI is InChI=1S/C12H19N3O3/c1-14(2)11-3-4-15(12(18)13-11)9-5-8(7-16)6-10(9)17/h3-4,8-10,16-17H,5-7H2,1-2H3. The Morgan fingerprint density at radius 3 is 2.72 bits per heavy atom. The summed E-state index contributed by atoms with van der Waals surface area (Å²) < 4.78 is 1.47. The van der Waals surface area contributed by atoms with E-state index in [1.165, 1.54) is 4.57 Å². The zero-order valence-electron chi connectivity index (χ0n) is 10.7. The molecule has 3 unspecified atom stereocenters. The van der Waals surface area contributed by atoms with Crippen LogP contribution in [0.25, 0.3) is 0 Å². The molecule has 0 amide bonds. The Kier molecular flexibility index (Phi) is 3.68. The Labute approximate surface area is 106 Å². The molecule has 6 heteroatoms. The van der Waals surface area contributed by atoms with Gasteiger partial charge in [-0.25, -0.2) is 4.79 Å². The summed E-state index contributed by atoms with van der Waals surface area (Å²) in [7, 11) is 3.64. The van der Waals surface area contributed by atoms with Gasteiger partial charge in [0.15, 0.2) is 0 Å². The van der Waals surface area contributed by atoms with E-state index in [-0.39, 0.29) is 24.3 Å². The fourth-order valence-electron chi connectivity index (χ4n) is 2.45. The first kappa shape index (κ1) is 13.0. The zero-order valence-corrected chi connectivity index (χ0v) is 10.7. The molecule has 6 nitrogen and oxygen atoms in total. The van der Waals surface area contributed by atoms with Gasteiger partial charge in [-0.1, -0.05) is 0 Å². The van der Waals surface area contributed by atoms with Crippen molar-refractivity contribution < 1.29 is 10.2 Å². The fraction of sp³-hybridized carbons (Fsp3) is 0.667. The van der Waals surface area contributed by atoms with E-state index >= 15 is 0 Å². The Bertz CT molecular complexity index is 472. The van der Waals surface area contributed by atoms with Crippen LogP contribution in [0.4, 0.5) is 5.82 Å². The van der Waals surface area contributed by atoms with Gasteiger partial charge in [0.05, 0.1) is 12.1 Å². The number of aliphatic hydroxyl groups excluding tert-OH is 2. The number of nitrogens with zero attached hydrogens (tertiary/aromatic N) is 3. The van der Waals surface area contributed by atoms with Crippen molar-refractivity contribution in [2.45, 2.75) is 25.0 Å². The molecule has 0 spiro atoms. The molecule has 1 aromatic rings. The summed E-state index contributed by atoms with van der Waals surface area (Å²) >= 11 is 0. The van der Waals surface area contributed by atoms with Crippen LogP contribution in [0.5, 0.6) is 0 Å². The number of aliphatic hydroxyl groups is 2. The van der Waals surface area contributed by atoms with Crippen molar-refractivity contribution in [1.82, 2.24) is 9.55 Å². The third kappa shape index (κ3) is 2.39. The molecule has 1 aliphatic carbocycles. The average Bonchev–Trinajstić information content (AvgIpc) is 2.70. The van der Waals surface area contributed by atoms with Gasteiger partial charge in [-0.2, -0.15) is 4.98 Å². The first-order valence-electron chi connectivity index (χ1n) is 6.08. The molecule has 1 aromatic heterocycles. The Balaban J connectivity index is 2.27. The first-order valence-corrected chi connectivity index (χ1v) is 6.08. The molecule has 2 rings (SSSR count). The van der Waals surface area contributed by atoms with Gasteiger partial charge in [0.2, 0.25) is 0 Å². The minimum absolute atomic E-state index is 0.0471. The Hall–Kier alpha value is -1.40. The Morgan fingerprint density at radius 1 is 1.50 bits per heavy atom. The van der Waals surface area contributed by atoms with Crippen LogP contribution in [0.3, 0.4) is 0 Å². The molecule has 0 saturated heterocycles. The van der Waals surface area contributed by atoms with Gasteiger partial charge in [0, 0.05) is 26.9 Å². The molecule has 1 aliphatic rings. The van der Waals surface area contributed by atoms with E-state index in [4.69, 9.17) is 5.11 Å². The molecule has 0 aromatic carbocycles. The molecule has 3 atom stereocenters. The first-order chi connectivity index (χ1) is 8.52. The predicted octanol–water partition coefficient (Wildman–Crippen LogP) is -0.386. The summed E-state index contributed by atoms with van der Waals surface area (Å²) in [6.07, 6.45) is 2.22. The lowest BCUT2D eigenvalue weighted by molar-refractivity contribution is 0.129. The van der Waals surface area contributed by atoms with Gasteiger partial charge >= 0.3 is 5.69 Å². The summed E-state index contributed by atoms with van der Waals surface area (Å²) in [6.45, 7) is 0.0471. The highest BCUT2D eigenvalue weighted by atomic mass is 16.3. The lowest BCUT2D eigenvalue weighted by Gasteiger charge is -2.18. The van der Waals surface area contributed by atoms with Gasteiger partial charge < -0.3 is 15.1 Å². The van der Waals surface area contributed by atoms with Crippen LogP contribution in [-0.2, 0) is 0 Å². The third-order valence-corrected chi connectivity index (χ3v) is 3.48. The quantitative estimate of drug-likeness (QED) is 0.767. The number of rotatable bonds is 3. The predicted molar refractivity (Wildman–Crippen MR) is 67.7 cm³/mol. The molecule has 0 radical (unpaired) electrons. The van der Waals surface area contributed by atoms with E-state index in [1.54, 1.807) is 17.2 Å². The smallest absolute Gasteiger partial charge is 0.349 e. The highest BCUT2D eigenvalue weighted by Crippen LogP contribution is 2.33. The summed E-state index contributed by atoms with van der Waals surface area (Å²) in [5.41, 5.74) is -0.358. The van der Waals surface area contributed by atoms with E-state index < -0.39 is 6.10 Å². The second-order valence-electron chi connectivity index (χ2n) is 5.02. The largest absolute Gasteiger partial charge is 0.396 e. The van der Waals surface area contributed by atoms with E-state index in [2.05, 4.69) is 4.98 Å². The van der Waals surface area contributed by atoms with Crippen LogP contribution >= 0.6 is 0 Å². The maximum Gasteiger partial charge on any atom is 0.349 e. The van der Waals surface area contributed by atoms with Crippen molar-refractivity contribution in [3.05, 3.63) is 22.7 Å². The van der Waals surface area contributed by atoms with E-state index in [9.17, 15) is 9.90 Å². The minimum Gasteiger partial charge on any atom is -0.396 e. The van der Waals surface area contributed by atoms with Crippen LogP contribution < -0.4 is 10.6 Å². The second-order valence-corrected chi connectivity index (χ2v) is 5.02. The third-order valence-electron chi connectivity index (χ3n) is 3.48. The van der Waals surface area contributed by atoms with Crippen LogP contribution in [0.15, 0.2) is 17.1 Å². The molecule has 18 heavy (non-hydrogen) atoms. The number of hydrogen-bond acceptors (Lipinski definition) is 5. The maximum atomic E-state index is 11.9. The topological polar surface area (TPSA) is 78.6 Å². The molecular weight excluding hydrogens is 234 g/mol. The average molecular weight is 253 g/mol. The summed E-state index contributed by atoms with van der Waals surface area (Å²) in [5.74, 6) is 0.660. The summed E-state index contributed by atoms with van der Waals surface area (Å²) in [6, 6.07) is 1.47. The van der Waals surface area contributed by atoms with Crippen molar-refractivity contribution in [3.63, 3.8) is 0 Å². The van der Waals surface area contributed by atoms with Crippen LogP contribution in [0.2, 0.25) is 0 Å². The van der Waals surface area contributed by atoms with E-state index in [1.807, 2.05) is 14.1 Å². The minimum atomic E-state index is -0.591. The van der Waals surface area contributed by atoms with Gasteiger partial charge in [-0.05, 0) is 24.8 Å². The lowest BCUT2D eigenvalue weighted by atomic mass is 10.1. The molecule has 1 saturated carbocycles. The van der Waals surface area contributed by atoms with E-state index in [0.717, 1.165) is 0 Å². The van der Waals surface area contributed by atoms with E-state index in [0.29, 0.717) is 18.7 Å². The highest BCUT2D eigenvalue weighted by Gasteiger charge is 2.34. The monoisotopic (exact) mass is 253 g/mol. The maximum absolute atomic E-state index is 11.9. The van der Waals surface area contributed by atoms with Crippen molar-refractivity contribution in [1.29, 1.82) is 0 Å². The van der Waals surface area contributed by atoms with Gasteiger partial charge in [0.25, 0.3) is 0 Å². The van der Waals surface area contributed by atoms with Crippen molar-refractivity contribution in [3.8, 4) is 0 Å². The van der Waals surface area contributed by atoms with Crippen LogP contribution in [0, 0.1) is 5.92 Å².